The van der Waals surface area contributed by atoms with Crippen molar-refractivity contribution >= 4 is 34.0 Å². The molecule has 0 spiro atoms. The average molecular weight is 575 g/mol. The molecule has 31 heavy (non-hydrogen) atoms. The van der Waals surface area contributed by atoms with E-state index in [9.17, 15) is 8.42 Å². The summed E-state index contributed by atoms with van der Waals surface area (Å²) in [5.41, 5.74) is 0. The molecule has 0 fully saturated rings. The second-order valence-corrected chi connectivity index (χ2v) is 11.4. The van der Waals surface area contributed by atoms with Gasteiger partial charge in [-0.1, -0.05) is 97.3 Å². The SMILES string of the molecule is CCCCCCCCCCCCCCCS(=O)(=O)[N-]C(C)CCC[N+](C)(CC)CC.I. The van der Waals surface area contributed by atoms with Crippen molar-refractivity contribution in [3.63, 3.8) is 0 Å². The van der Waals surface area contributed by atoms with Crippen LogP contribution in [0.15, 0.2) is 0 Å². The van der Waals surface area contributed by atoms with E-state index >= 15 is 0 Å². The number of nitrogens with zero attached hydrogens (tertiary/aromatic N) is 2. The second-order valence-electron chi connectivity index (χ2n) is 9.60. The van der Waals surface area contributed by atoms with Crippen molar-refractivity contribution in [3.8, 4) is 0 Å². The highest BCUT2D eigenvalue weighted by molar-refractivity contribution is 14.0. The number of sulfonamides is 1. The molecule has 0 aromatic rings. The molecule has 1 unspecified atom stereocenters. The number of quaternary nitrogens is 1. The highest BCUT2D eigenvalue weighted by atomic mass is 127. The van der Waals surface area contributed by atoms with E-state index in [1.165, 1.54) is 64.2 Å². The minimum absolute atomic E-state index is 0. The summed E-state index contributed by atoms with van der Waals surface area (Å²) >= 11 is 0. The second kappa shape index (κ2) is 21.2. The Morgan fingerprint density at radius 2 is 1.13 bits per heavy atom. The van der Waals surface area contributed by atoms with E-state index in [1.807, 2.05) is 6.92 Å². The van der Waals surface area contributed by atoms with Gasteiger partial charge >= 0.3 is 0 Å². The van der Waals surface area contributed by atoms with Crippen LogP contribution in [0.2, 0.25) is 0 Å². The van der Waals surface area contributed by atoms with Crippen molar-refractivity contribution < 1.29 is 12.9 Å². The van der Waals surface area contributed by atoms with Crippen LogP contribution in [0.3, 0.4) is 0 Å². The molecule has 0 heterocycles. The molecule has 190 valence electrons. The van der Waals surface area contributed by atoms with Gasteiger partial charge in [0, 0.05) is 5.75 Å². The summed E-state index contributed by atoms with van der Waals surface area (Å²) in [5, 5.41) is 0. The van der Waals surface area contributed by atoms with Crippen LogP contribution >= 0.6 is 24.0 Å². The van der Waals surface area contributed by atoms with Gasteiger partial charge in [-0.25, -0.2) is 8.42 Å². The molecule has 0 aromatic heterocycles. The minimum Gasteiger partial charge on any atom is -0.546 e. The molecule has 1 atom stereocenters. The predicted octanol–water partition coefficient (Wildman–Crippen LogP) is 8.05. The van der Waals surface area contributed by atoms with Crippen LogP contribution in [0.4, 0.5) is 0 Å². The minimum atomic E-state index is -3.25. The Labute approximate surface area is 213 Å². The lowest BCUT2D eigenvalue weighted by Crippen LogP contribution is -2.44. The Bertz CT molecular complexity index is 482. The molecule has 0 rings (SSSR count). The first kappa shape index (κ1) is 33.8. The summed E-state index contributed by atoms with van der Waals surface area (Å²) in [4.78, 5) is 0. The van der Waals surface area contributed by atoms with Crippen LogP contribution in [0.1, 0.15) is 124 Å². The third-order valence-corrected chi connectivity index (χ3v) is 8.18. The van der Waals surface area contributed by atoms with E-state index in [0.29, 0.717) is 0 Å². The van der Waals surface area contributed by atoms with Crippen LogP contribution in [0, 0.1) is 0 Å². The molecule has 0 aliphatic carbocycles. The molecule has 4 nitrogen and oxygen atoms in total. The number of unbranched alkanes of at least 4 members (excludes halogenated alkanes) is 12. The predicted molar refractivity (Wildman–Crippen MR) is 149 cm³/mol. The Hall–Kier alpha value is 0.600. The molecule has 0 aliphatic rings. The quantitative estimate of drug-likeness (QED) is 0.0746. The summed E-state index contributed by atoms with van der Waals surface area (Å²) in [6.45, 7) is 12.0. The molecule has 0 N–H and O–H groups in total. The van der Waals surface area contributed by atoms with Gasteiger partial charge in [0.15, 0.2) is 0 Å². The molecule has 6 heteroatoms. The van der Waals surface area contributed by atoms with Crippen molar-refractivity contribution in [3.05, 3.63) is 4.72 Å². The average Bonchev–Trinajstić information content (AvgIpc) is 2.70. The van der Waals surface area contributed by atoms with E-state index in [0.717, 1.165) is 56.2 Å². The zero-order valence-corrected chi connectivity index (χ0v) is 24.7. The van der Waals surface area contributed by atoms with Gasteiger partial charge < -0.3 is 9.21 Å². The Balaban J connectivity index is 0. The summed E-state index contributed by atoms with van der Waals surface area (Å²) in [6.07, 6.45) is 18.4. The maximum atomic E-state index is 12.2. The molecular formula is C25H55IN2O2S. The Morgan fingerprint density at radius 1 is 0.710 bits per heavy atom. The Kier molecular flexibility index (Phi) is 23.0. The summed E-state index contributed by atoms with van der Waals surface area (Å²) < 4.78 is 29.7. The van der Waals surface area contributed by atoms with E-state index < -0.39 is 10.0 Å². The highest BCUT2D eigenvalue weighted by Crippen LogP contribution is 2.18. The van der Waals surface area contributed by atoms with Gasteiger partial charge in [0.05, 0.1) is 36.7 Å². The summed E-state index contributed by atoms with van der Waals surface area (Å²) in [7, 11) is -0.981. The zero-order valence-electron chi connectivity index (χ0n) is 21.5. The third kappa shape index (κ3) is 20.9. The van der Waals surface area contributed by atoms with E-state index in [1.54, 1.807) is 0 Å². The van der Waals surface area contributed by atoms with Crippen molar-refractivity contribution in [2.45, 2.75) is 130 Å². The van der Waals surface area contributed by atoms with Crippen LogP contribution in [0.5, 0.6) is 0 Å². The van der Waals surface area contributed by atoms with Crippen LogP contribution < -0.4 is 0 Å². The number of rotatable bonds is 22. The lowest BCUT2D eigenvalue weighted by Gasteiger charge is -2.34. The largest absolute Gasteiger partial charge is 0.546 e. The fraction of sp³-hybridized carbons (Fsp3) is 1.00. The highest BCUT2D eigenvalue weighted by Gasteiger charge is 2.15. The molecular weight excluding hydrogens is 519 g/mol. The molecule has 0 aromatic carbocycles. The summed E-state index contributed by atoms with van der Waals surface area (Å²) in [5.74, 6) is 0.229. The first-order valence-electron chi connectivity index (χ1n) is 13.1. The van der Waals surface area contributed by atoms with Gasteiger partial charge in [0.25, 0.3) is 0 Å². The van der Waals surface area contributed by atoms with Crippen LogP contribution in [-0.2, 0) is 10.0 Å². The van der Waals surface area contributed by atoms with E-state index in [-0.39, 0.29) is 35.8 Å². The monoisotopic (exact) mass is 574 g/mol. The van der Waals surface area contributed by atoms with Gasteiger partial charge in [0.1, 0.15) is 0 Å². The van der Waals surface area contributed by atoms with Crippen molar-refractivity contribution in [2.75, 3.05) is 32.4 Å². The number of halogens is 1. The third-order valence-electron chi connectivity index (χ3n) is 6.69. The van der Waals surface area contributed by atoms with Crippen molar-refractivity contribution in [1.29, 1.82) is 0 Å². The molecule has 0 saturated carbocycles. The topological polar surface area (TPSA) is 48.2 Å². The van der Waals surface area contributed by atoms with Crippen molar-refractivity contribution in [1.82, 2.24) is 0 Å². The van der Waals surface area contributed by atoms with Crippen molar-refractivity contribution in [2.24, 2.45) is 0 Å². The normalized spacial score (nSPS) is 13.2. The van der Waals surface area contributed by atoms with Gasteiger partial charge in [-0.2, -0.15) is 0 Å². The lowest BCUT2D eigenvalue weighted by atomic mass is 10.1. The van der Waals surface area contributed by atoms with Gasteiger partial charge in [-0.05, 0) is 26.7 Å². The fourth-order valence-corrected chi connectivity index (χ4v) is 5.32. The summed E-state index contributed by atoms with van der Waals surface area (Å²) in [6, 6.07) is -0.0841. The van der Waals surface area contributed by atoms with Gasteiger partial charge in [0.2, 0.25) is 0 Å². The van der Waals surface area contributed by atoms with Crippen LogP contribution in [-0.4, -0.2) is 51.4 Å². The maximum Gasteiger partial charge on any atom is 0.0783 e. The standard InChI is InChI=1S/C25H54N2O2S.HI/c1-6-9-10-11-12-13-14-15-16-17-18-19-20-24-30(28,29)26-25(4)22-21-23-27(5,7-2)8-3;/h25H,6-24H2,1-5H3;1H. The molecule has 0 bridgehead atoms. The maximum absolute atomic E-state index is 12.2. The smallest absolute Gasteiger partial charge is 0.0783 e. The Morgan fingerprint density at radius 3 is 1.55 bits per heavy atom. The van der Waals surface area contributed by atoms with Gasteiger partial charge in [-0.3, -0.25) is 0 Å². The molecule has 0 aliphatic heterocycles. The van der Waals surface area contributed by atoms with E-state index in [2.05, 4.69) is 32.5 Å². The number of hydrogen-bond donors (Lipinski definition) is 0. The van der Waals surface area contributed by atoms with Crippen LogP contribution in [0.25, 0.3) is 4.72 Å². The first-order chi connectivity index (χ1) is 14.3. The lowest BCUT2D eigenvalue weighted by molar-refractivity contribution is -0.906. The molecule has 0 saturated heterocycles. The number of hydrogen-bond acceptors (Lipinski definition) is 2. The van der Waals surface area contributed by atoms with E-state index in [4.69, 9.17) is 0 Å². The first-order valence-corrected chi connectivity index (χ1v) is 14.7. The van der Waals surface area contributed by atoms with Gasteiger partial charge in [-0.15, -0.1) is 30.0 Å². The molecule has 0 amide bonds. The zero-order chi connectivity index (χ0) is 22.7. The molecule has 0 radical (unpaired) electrons. The fourth-order valence-electron chi connectivity index (χ4n) is 3.99.